The summed E-state index contributed by atoms with van der Waals surface area (Å²) in [6, 6.07) is 4.63. The number of benzene rings is 1. The fourth-order valence-corrected chi connectivity index (χ4v) is 2.80. The van der Waals surface area contributed by atoms with Gasteiger partial charge in [0.2, 0.25) is 0 Å². The lowest BCUT2D eigenvalue weighted by Gasteiger charge is -2.30. The molecule has 1 saturated heterocycles. The first-order valence-electron chi connectivity index (χ1n) is 5.71. The van der Waals surface area contributed by atoms with E-state index in [1.165, 1.54) is 12.1 Å². The van der Waals surface area contributed by atoms with Gasteiger partial charge in [0, 0.05) is 32.2 Å². The maximum atomic E-state index is 12.9. The van der Waals surface area contributed by atoms with E-state index in [0.29, 0.717) is 12.1 Å². The van der Waals surface area contributed by atoms with Crippen molar-refractivity contribution in [1.29, 1.82) is 0 Å². The van der Waals surface area contributed by atoms with Crippen LogP contribution in [0, 0.1) is 0 Å². The Kier molecular flexibility index (Phi) is 2.41. The Labute approximate surface area is 97.4 Å². The second-order valence-electron chi connectivity index (χ2n) is 4.56. The molecule has 0 radical (unpaired) electrons. The monoisotopic (exact) mass is 242 g/mol. The van der Waals surface area contributed by atoms with E-state index < -0.39 is 11.7 Å². The number of rotatable bonds is 0. The van der Waals surface area contributed by atoms with Gasteiger partial charge in [-0.05, 0) is 17.2 Å². The Morgan fingerprint density at radius 2 is 2.12 bits per heavy atom. The standard InChI is InChI=1S/C12H13F3N2/c13-12(14,15)10-3-1-2-8-9(10)7-17-5-4-16-6-11(8)17/h1-3,11,16H,4-7H2/t11-/m0/s1. The van der Waals surface area contributed by atoms with Crippen LogP contribution in [0.3, 0.4) is 0 Å². The fraction of sp³-hybridized carbons (Fsp3) is 0.500. The molecule has 17 heavy (non-hydrogen) atoms. The molecule has 0 unspecified atom stereocenters. The van der Waals surface area contributed by atoms with Gasteiger partial charge in [-0.1, -0.05) is 12.1 Å². The molecule has 0 aromatic heterocycles. The summed E-state index contributed by atoms with van der Waals surface area (Å²) < 4.78 is 38.7. The van der Waals surface area contributed by atoms with Crippen molar-refractivity contribution < 1.29 is 13.2 Å². The molecule has 1 N–H and O–H groups in total. The predicted molar refractivity (Wildman–Crippen MR) is 57.5 cm³/mol. The highest BCUT2D eigenvalue weighted by atomic mass is 19.4. The topological polar surface area (TPSA) is 15.3 Å². The average molecular weight is 242 g/mol. The fourth-order valence-electron chi connectivity index (χ4n) is 2.80. The normalized spacial score (nSPS) is 24.5. The van der Waals surface area contributed by atoms with E-state index in [9.17, 15) is 13.2 Å². The lowest BCUT2D eigenvalue weighted by molar-refractivity contribution is -0.138. The van der Waals surface area contributed by atoms with Crippen molar-refractivity contribution >= 4 is 0 Å². The van der Waals surface area contributed by atoms with Gasteiger partial charge >= 0.3 is 6.18 Å². The third kappa shape index (κ3) is 1.73. The lowest BCUT2D eigenvalue weighted by atomic mass is 9.99. The second-order valence-corrected chi connectivity index (χ2v) is 4.56. The molecule has 2 heterocycles. The maximum absolute atomic E-state index is 12.9. The van der Waals surface area contributed by atoms with E-state index in [2.05, 4.69) is 10.2 Å². The van der Waals surface area contributed by atoms with E-state index >= 15 is 0 Å². The minimum atomic E-state index is -4.24. The molecule has 0 bridgehead atoms. The minimum Gasteiger partial charge on any atom is -0.314 e. The van der Waals surface area contributed by atoms with Gasteiger partial charge in [0.05, 0.1) is 5.56 Å². The van der Waals surface area contributed by atoms with Crippen LogP contribution in [-0.4, -0.2) is 24.5 Å². The number of piperazine rings is 1. The Hall–Kier alpha value is -1.07. The van der Waals surface area contributed by atoms with Crippen molar-refractivity contribution in [3.63, 3.8) is 0 Å². The first-order chi connectivity index (χ1) is 8.07. The van der Waals surface area contributed by atoms with E-state index in [-0.39, 0.29) is 6.04 Å². The molecule has 0 saturated carbocycles. The molecule has 1 aromatic rings. The van der Waals surface area contributed by atoms with Gasteiger partial charge in [-0.15, -0.1) is 0 Å². The molecule has 2 nitrogen and oxygen atoms in total. The van der Waals surface area contributed by atoms with Gasteiger partial charge in [-0.3, -0.25) is 4.90 Å². The predicted octanol–water partition coefficient (Wildman–Crippen LogP) is 2.17. The van der Waals surface area contributed by atoms with Gasteiger partial charge < -0.3 is 5.32 Å². The number of hydrogen-bond donors (Lipinski definition) is 1. The number of hydrogen-bond acceptors (Lipinski definition) is 2. The summed E-state index contributed by atoms with van der Waals surface area (Å²) in [7, 11) is 0. The maximum Gasteiger partial charge on any atom is 0.416 e. The summed E-state index contributed by atoms with van der Waals surface area (Å²) in [6.07, 6.45) is -4.24. The van der Waals surface area contributed by atoms with Crippen LogP contribution in [0.15, 0.2) is 18.2 Å². The van der Waals surface area contributed by atoms with E-state index in [4.69, 9.17) is 0 Å². The molecule has 1 aromatic carbocycles. The summed E-state index contributed by atoms with van der Waals surface area (Å²) in [5.41, 5.74) is 0.838. The number of fused-ring (bicyclic) bond motifs is 3. The van der Waals surface area contributed by atoms with Crippen LogP contribution in [0.5, 0.6) is 0 Å². The third-order valence-corrected chi connectivity index (χ3v) is 3.59. The summed E-state index contributed by atoms with van der Waals surface area (Å²) in [6.45, 7) is 2.84. The number of halogens is 3. The van der Waals surface area contributed by atoms with Crippen molar-refractivity contribution in [3.8, 4) is 0 Å². The summed E-state index contributed by atoms with van der Waals surface area (Å²) in [5, 5.41) is 3.23. The van der Waals surface area contributed by atoms with Gasteiger partial charge in [0.1, 0.15) is 0 Å². The largest absolute Gasteiger partial charge is 0.416 e. The van der Waals surface area contributed by atoms with Crippen LogP contribution in [-0.2, 0) is 12.7 Å². The van der Waals surface area contributed by atoms with Gasteiger partial charge in [-0.2, -0.15) is 13.2 Å². The highest BCUT2D eigenvalue weighted by Gasteiger charge is 2.40. The third-order valence-electron chi connectivity index (χ3n) is 3.59. The Morgan fingerprint density at radius 3 is 2.88 bits per heavy atom. The number of alkyl halides is 3. The first kappa shape index (κ1) is 11.0. The molecule has 2 aliphatic rings. The highest BCUT2D eigenvalue weighted by Crippen LogP contribution is 2.41. The zero-order valence-electron chi connectivity index (χ0n) is 9.22. The quantitative estimate of drug-likeness (QED) is 0.750. The van der Waals surface area contributed by atoms with Crippen molar-refractivity contribution in [2.45, 2.75) is 18.8 Å². The summed E-state index contributed by atoms with van der Waals surface area (Å²) in [4.78, 5) is 2.12. The zero-order valence-corrected chi connectivity index (χ0v) is 9.22. The molecule has 0 aliphatic carbocycles. The molecule has 1 fully saturated rings. The summed E-state index contributed by atoms with van der Waals surface area (Å²) in [5.74, 6) is 0. The second kappa shape index (κ2) is 3.71. The van der Waals surface area contributed by atoms with Crippen LogP contribution in [0.4, 0.5) is 13.2 Å². The first-order valence-corrected chi connectivity index (χ1v) is 5.71. The van der Waals surface area contributed by atoms with Crippen LogP contribution < -0.4 is 5.32 Å². The van der Waals surface area contributed by atoms with Crippen molar-refractivity contribution in [2.24, 2.45) is 0 Å². The van der Waals surface area contributed by atoms with Gasteiger partial charge in [-0.25, -0.2) is 0 Å². The SMILES string of the molecule is FC(F)(F)c1cccc2c1CN1CCNC[C@@H]21. The lowest BCUT2D eigenvalue weighted by Crippen LogP contribution is -2.42. The molecule has 1 atom stereocenters. The van der Waals surface area contributed by atoms with E-state index in [0.717, 1.165) is 25.2 Å². The molecular formula is C12H13F3N2. The Morgan fingerprint density at radius 1 is 1.29 bits per heavy atom. The summed E-state index contributed by atoms with van der Waals surface area (Å²) >= 11 is 0. The molecular weight excluding hydrogens is 229 g/mol. The van der Waals surface area contributed by atoms with Crippen molar-refractivity contribution in [3.05, 3.63) is 34.9 Å². The highest BCUT2D eigenvalue weighted by molar-refractivity contribution is 5.42. The number of nitrogens with zero attached hydrogens (tertiary/aromatic N) is 1. The Bertz CT molecular complexity index is 442. The van der Waals surface area contributed by atoms with E-state index in [1.807, 2.05) is 6.07 Å². The smallest absolute Gasteiger partial charge is 0.314 e. The molecule has 92 valence electrons. The van der Waals surface area contributed by atoms with E-state index in [1.54, 1.807) is 0 Å². The van der Waals surface area contributed by atoms with Gasteiger partial charge in [0.15, 0.2) is 0 Å². The molecule has 0 spiro atoms. The average Bonchev–Trinajstić information content (AvgIpc) is 2.65. The Balaban J connectivity index is 2.06. The van der Waals surface area contributed by atoms with Crippen LogP contribution in [0.2, 0.25) is 0 Å². The zero-order chi connectivity index (χ0) is 12.0. The number of nitrogens with one attached hydrogen (secondary N) is 1. The van der Waals surface area contributed by atoms with Gasteiger partial charge in [0.25, 0.3) is 0 Å². The minimum absolute atomic E-state index is 0.112. The van der Waals surface area contributed by atoms with Crippen LogP contribution in [0.25, 0.3) is 0 Å². The molecule has 5 heteroatoms. The van der Waals surface area contributed by atoms with Crippen LogP contribution in [0.1, 0.15) is 22.7 Å². The van der Waals surface area contributed by atoms with Crippen LogP contribution >= 0.6 is 0 Å². The molecule has 0 amide bonds. The van der Waals surface area contributed by atoms with Crippen molar-refractivity contribution in [2.75, 3.05) is 19.6 Å². The van der Waals surface area contributed by atoms with Crippen molar-refractivity contribution in [1.82, 2.24) is 10.2 Å². The molecule has 3 rings (SSSR count). The molecule has 2 aliphatic heterocycles.